The molecule has 1 unspecified atom stereocenters. The number of hydrogen-bond acceptors (Lipinski definition) is 1. The predicted molar refractivity (Wildman–Crippen MR) is 79.1 cm³/mol. The first kappa shape index (κ1) is 16.3. The first-order chi connectivity index (χ1) is 10.0. The van der Waals surface area contributed by atoms with Crippen LogP contribution in [-0.4, -0.2) is 7.05 Å². The van der Waals surface area contributed by atoms with Gasteiger partial charge in [0.2, 0.25) is 0 Å². The van der Waals surface area contributed by atoms with Gasteiger partial charge >= 0.3 is 6.18 Å². The van der Waals surface area contributed by atoms with Crippen molar-refractivity contribution < 1.29 is 13.2 Å². The van der Waals surface area contributed by atoms with Gasteiger partial charge in [0.05, 0.1) is 5.56 Å². The summed E-state index contributed by atoms with van der Waals surface area (Å²) in [5.41, 5.74) is 0.212. The Balaban J connectivity index is 2.19. The Morgan fingerprint density at radius 1 is 1.05 bits per heavy atom. The van der Waals surface area contributed by atoms with Crippen LogP contribution in [0.3, 0.4) is 0 Å². The zero-order valence-corrected chi connectivity index (χ0v) is 12.5. The lowest BCUT2D eigenvalue weighted by Gasteiger charge is -2.29. The van der Waals surface area contributed by atoms with Gasteiger partial charge in [-0.3, -0.25) is 0 Å². The monoisotopic (exact) mass is 299 g/mol. The maximum Gasteiger partial charge on any atom is 0.416 e. The lowest BCUT2D eigenvalue weighted by Crippen LogP contribution is -2.26. The normalized spacial score (nSPS) is 19.8. The summed E-state index contributed by atoms with van der Waals surface area (Å²) in [7, 11) is 1.85. The highest BCUT2D eigenvalue weighted by molar-refractivity contribution is 5.28. The Morgan fingerprint density at radius 3 is 2.24 bits per heavy atom. The van der Waals surface area contributed by atoms with Gasteiger partial charge in [0, 0.05) is 6.04 Å². The zero-order valence-electron chi connectivity index (χ0n) is 12.5. The standard InChI is InChI=1S/C17H24F3N/c1-21-16(13-8-5-3-2-4-6-9-13)14-10-7-11-15(12-14)17(18,19)20/h7,10-13,16,21H,2-6,8-9H2,1H3. The van der Waals surface area contributed by atoms with Crippen molar-refractivity contribution in [3.8, 4) is 0 Å². The molecule has 1 aromatic carbocycles. The van der Waals surface area contributed by atoms with Crippen LogP contribution in [-0.2, 0) is 6.18 Å². The first-order valence-electron chi connectivity index (χ1n) is 7.87. The Bertz CT molecular complexity index is 434. The lowest BCUT2D eigenvalue weighted by molar-refractivity contribution is -0.137. The Labute approximate surface area is 124 Å². The fraction of sp³-hybridized carbons (Fsp3) is 0.647. The number of nitrogens with one attached hydrogen (secondary N) is 1. The highest BCUT2D eigenvalue weighted by Crippen LogP contribution is 2.35. The fourth-order valence-corrected chi connectivity index (χ4v) is 3.40. The van der Waals surface area contributed by atoms with Crippen molar-refractivity contribution in [3.05, 3.63) is 35.4 Å². The molecule has 4 heteroatoms. The van der Waals surface area contributed by atoms with E-state index in [-0.39, 0.29) is 6.04 Å². The number of alkyl halides is 3. The summed E-state index contributed by atoms with van der Waals surface area (Å²) in [6, 6.07) is 5.81. The minimum Gasteiger partial charge on any atom is -0.313 e. The van der Waals surface area contributed by atoms with Gasteiger partial charge in [0.15, 0.2) is 0 Å². The molecule has 0 amide bonds. The van der Waals surface area contributed by atoms with Crippen molar-refractivity contribution >= 4 is 0 Å². The van der Waals surface area contributed by atoms with Gasteiger partial charge in [-0.25, -0.2) is 0 Å². The van der Waals surface area contributed by atoms with Crippen LogP contribution in [0.15, 0.2) is 24.3 Å². The molecule has 1 aliphatic rings. The van der Waals surface area contributed by atoms with Gasteiger partial charge in [0.1, 0.15) is 0 Å². The maximum absolute atomic E-state index is 12.9. The molecule has 1 atom stereocenters. The SMILES string of the molecule is CNC(c1cccc(C(F)(F)F)c1)C1CCCCCCC1. The van der Waals surface area contributed by atoms with Crippen LogP contribution in [0.5, 0.6) is 0 Å². The first-order valence-corrected chi connectivity index (χ1v) is 7.87. The van der Waals surface area contributed by atoms with Gasteiger partial charge in [0.25, 0.3) is 0 Å². The van der Waals surface area contributed by atoms with Gasteiger partial charge in [-0.05, 0) is 43.5 Å². The van der Waals surface area contributed by atoms with Gasteiger partial charge in [-0.15, -0.1) is 0 Å². The van der Waals surface area contributed by atoms with E-state index in [1.54, 1.807) is 0 Å². The fourth-order valence-electron chi connectivity index (χ4n) is 3.40. The third kappa shape index (κ3) is 4.47. The summed E-state index contributed by atoms with van der Waals surface area (Å²) in [6.45, 7) is 0. The summed E-state index contributed by atoms with van der Waals surface area (Å²) in [5, 5.41) is 3.25. The second-order valence-corrected chi connectivity index (χ2v) is 5.99. The van der Waals surface area contributed by atoms with E-state index in [2.05, 4.69) is 5.32 Å². The molecule has 1 N–H and O–H groups in total. The van der Waals surface area contributed by atoms with Crippen LogP contribution >= 0.6 is 0 Å². The molecule has 0 spiro atoms. The van der Waals surface area contributed by atoms with Gasteiger partial charge < -0.3 is 5.32 Å². The van der Waals surface area contributed by atoms with E-state index < -0.39 is 11.7 Å². The smallest absolute Gasteiger partial charge is 0.313 e. The Hall–Kier alpha value is -1.03. The van der Waals surface area contributed by atoms with E-state index in [4.69, 9.17) is 0 Å². The number of benzene rings is 1. The highest BCUT2D eigenvalue weighted by Gasteiger charge is 2.31. The average Bonchev–Trinajstić information content (AvgIpc) is 2.41. The van der Waals surface area contributed by atoms with Crippen LogP contribution in [0.4, 0.5) is 13.2 Å². The number of rotatable bonds is 3. The Kier molecular flexibility index (Phi) is 5.68. The molecule has 1 fully saturated rings. The van der Waals surface area contributed by atoms with E-state index in [1.165, 1.54) is 44.2 Å². The van der Waals surface area contributed by atoms with E-state index in [9.17, 15) is 13.2 Å². The van der Waals surface area contributed by atoms with Crippen molar-refractivity contribution in [2.75, 3.05) is 7.05 Å². The van der Waals surface area contributed by atoms with Crippen molar-refractivity contribution in [1.82, 2.24) is 5.32 Å². The molecule has 0 saturated heterocycles. The summed E-state index contributed by atoms with van der Waals surface area (Å²) in [4.78, 5) is 0. The molecule has 118 valence electrons. The Morgan fingerprint density at radius 2 is 1.67 bits per heavy atom. The third-order valence-electron chi connectivity index (χ3n) is 4.51. The van der Waals surface area contributed by atoms with E-state index in [1.807, 2.05) is 13.1 Å². The molecule has 21 heavy (non-hydrogen) atoms. The molecule has 1 aliphatic carbocycles. The molecular formula is C17H24F3N. The molecule has 0 aliphatic heterocycles. The van der Waals surface area contributed by atoms with Crippen LogP contribution in [0.2, 0.25) is 0 Å². The van der Waals surface area contributed by atoms with E-state index in [0.717, 1.165) is 24.5 Å². The molecule has 1 aromatic rings. The minimum atomic E-state index is -4.27. The minimum absolute atomic E-state index is 0.0189. The second kappa shape index (κ2) is 7.30. The predicted octanol–water partition coefficient (Wildman–Crippen LogP) is 5.33. The second-order valence-electron chi connectivity index (χ2n) is 5.99. The van der Waals surface area contributed by atoms with E-state index >= 15 is 0 Å². The van der Waals surface area contributed by atoms with Crippen molar-refractivity contribution in [1.29, 1.82) is 0 Å². The maximum atomic E-state index is 12.9. The third-order valence-corrected chi connectivity index (χ3v) is 4.51. The molecule has 0 radical (unpaired) electrons. The summed E-state index contributed by atoms with van der Waals surface area (Å²) in [5.74, 6) is 0.429. The molecule has 1 saturated carbocycles. The van der Waals surface area contributed by atoms with Crippen molar-refractivity contribution in [2.24, 2.45) is 5.92 Å². The molecule has 2 rings (SSSR count). The van der Waals surface area contributed by atoms with Gasteiger partial charge in [-0.1, -0.05) is 44.2 Å². The quantitative estimate of drug-likeness (QED) is 0.795. The van der Waals surface area contributed by atoms with Crippen molar-refractivity contribution in [2.45, 2.75) is 57.2 Å². The molecule has 0 heterocycles. The van der Waals surface area contributed by atoms with Crippen LogP contribution in [0.1, 0.15) is 62.1 Å². The molecule has 0 aromatic heterocycles. The lowest BCUT2D eigenvalue weighted by atomic mass is 9.82. The topological polar surface area (TPSA) is 12.0 Å². The number of hydrogen-bond donors (Lipinski definition) is 1. The van der Waals surface area contributed by atoms with Crippen LogP contribution < -0.4 is 5.32 Å². The average molecular weight is 299 g/mol. The molecule has 1 nitrogen and oxygen atoms in total. The molecule has 0 bridgehead atoms. The largest absolute Gasteiger partial charge is 0.416 e. The summed E-state index contributed by atoms with van der Waals surface area (Å²) < 4.78 is 38.6. The van der Waals surface area contributed by atoms with E-state index in [0.29, 0.717) is 5.92 Å². The van der Waals surface area contributed by atoms with Crippen molar-refractivity contribution in [3.63, 3.8) is 0 Å². The highest BCUT2D eigenvalue weighted by atomic mass is 19.4. The van der Waals surface area contributed by atoms with Crippen LogP contribution in [0, 0.1) is 5.92 Å². The van der Waals surface area contributed by atoms with Crippen LogP contribution in [0.25, 0.3) is 0 Å². The zero-order chi connectivity index (χ0) is 15.3. The molecular weight excluding hydrogens is 275 g/mol. The number of halogens is 3. The summed E-state index contributed by atoms with van der Waals surface area (Å²) >= 11 is 0. The van der Waals surface area contributed by atoms with Gasteiger partial charge in [-0.2, -0.15) is 13.2 Å². The summed E-state index contributed by atoms with van der Waals surface area (Å²) in [6.07, 6.45) is 4.08.